The van der Waals surface area contributed by atoms with Gasteiger partial charge in [-0.15, -0.1) is 0 Å². The first-order chi connectivity index (χ1) is 12.7. The number of hydrogen-bond donors (Lipinski definition) is 0. The number of fused-ring (bicyclic) bond motifs is 1. The van der Waals surface area contributed by atoms with Crippen molar-refractivity contribution in [3.8, 4) is 5.75 Å². The maximum Gasteiger partial charge on any atom is 0.340 e. The molecule has 2 heterocycles. The molecule has 0 saturated carbocycles. The van der Waals surface area contributed by atoms with Crippen molar-refractivity contribution in [1.82, 2.24) is 20.6 Å². The van der Waals surface area contributed by atoms with Crippen LogP contribution in [0.25, 0.3) is 11.0 Å². The zero-order chi connectivity index (χ0) is 17.9. The summed E-state index contributed by atoms with van der Waals surface area (Å²) in [6, 6.07) is 15.3. The topological polar surface area (TPSA) is 92.2 Å². The van der Waals surface area contributed by atoms with Crippen molar-refractivity contribution in [1.29, 1.82) is 0 Å². The van der Waals surface area contributed by atoms with Crippen LogP contribution in [0.1, 0.15) is 22.5 Å². The van der Waals surface area contributed by atoms with Crippen LogP contribution in [0.5, 0.6) is 5.75 Å². The SMILES string of the molecule is Cc1c(Cc2ccccc2)c(=O)oc2cc(OCc3nnn[n-]3)ccc12. The molecule has 0 aliphatic carbocycles. The molecule has 0 atom stereocenters. The number of tetrazole rings is 1. The molecule has 26 heavy (non-hydrogen) atoms. The summed E-state index contributed by atoms with van der Waals surface area (Å²) in [5, 5.41) is 15.1. The summed E-state index contributed by atoms with van der Waals surface area (Å²) >= 11 is 0. The molecule has 4 rings (SSSR count). The van der Waals surface area contributed by atoms with Crippen LogP contribution in [-0.4, -0.2) is 15.5 Å². The predicted octanol–water partition coefficient (Wildman–Crippen LogP) is 2.41. The summed E-state index contributed by atoms with van der Waals surface area (Å²) in [6.45, 7) is 2.08. The Kier molecular flexibility index (Phi) is 4.18. The third-order valence-corrected chi connectivity index (χ3v) is 4.21. The molecule has 0 N–H and O–H groups in total. The molecule has 7 nitrogen and oxygen atoms in total. The zero-order valence-electron chi connectivity index (χ0n) is 14.0. The van der Waals surface area contributed by atoms with Gasteiger partial charge in [0.15, 0.2) is 0 Å². The summed E-state index contributed by atoms with van der Waals surface area (Å²) in [5.74, 6) is 0.946. The first kappa shape index (κ1) is 16.0. The normalized spacial score (nSPS) is 11.0. The summed E-state index contributed by atoms with van der Waals surface area (Å²) in [4.78, 5) is 12.5. The minimum atomic E-state index is -0.330. The maximum atomic E-state index is 12.5. The van der Waals surface area contributed by atoms with E-state index < -0.39 is 0 Å². The molecule has 0 radical (unpaired) electrons. The van der Waals surface area contributed by atoms with Gasteiger partial charge in [-0.3, -0.25) is 10.3 Å². The largest absolute Gasteiger partial charge is 0.488 e. The highest BCUT2D eigenvalue weighted by Gasteiger charge is 2.12. The number of hydrogen-bond acceptors (Lipinski definition) is 6. The van der Waals surface area contributed by atoms with Crippen LogP contribution in [-0.2, 0) is 13.0 Å². The van der Waals surface area contributed by atoms with E-state index >= 15 is 0 Å². The highest BCUT2D eigenvalue weighted by atomic mass is 16.5. The minimum Gasteiger partial charge on any atom is -0.488 e. The second-order valence-electron chi connectivity index (χ2n) is 5.90. The van der Waals surface area contributed by atoms with Crippen LogP contribution >= 0.6 is 0 Å². The van der Waals surface area contributed by atoms with E-state index in [9.17, 15) is 4.79 Å². The molecule has 7 heteroatoms. The second-order valence-corrected chi connectivity index (χ2v) is 5.90. The Morgan fingerprint density at radius 1 is 1.15 bits per heavy atom. The van der Waals surface area contributed by atoms with E-state index in [4.69, 9.17) is 9.15 Å². The van der Waals surface area contributed by atoms with Crippen molar-refractivity contribution < 1.29 is 9.15 Å². The van der Waals surface area contributed by atoms with Crippen LogP contribution in [0.4, 0.5) is 0 Å². The Morgan fingerprint density at radius 3 is 2.77 bits per heavy atom. The molecule has 0 spiro atoms. The Morgan fingerprint density at radius 2 is 2.00 bits per heavy atom. The second kappa shape index (κ2) is 6.79. The van der Waals surface area contributed by atoms with Crippen LogP contribution in [0, 0.1) is 6.92 Å². The molecule has 0 aliphatic heterocycles. The average Bonchev–Trinajstić information content (AvgIpc) is 3.18. The molecule has 0 amide bonds. The summed E-state index contributed by atoms with van der Waals surface area (Å²) < 4.78 is 11.1. The number of benzene rings is 2. The molecule has 0 unspecified atom stereocenters. The highest BCUT2D eigenvalue weighted by Crippen LogP contribution is 2.25. The highest BCUT2D eigenvalue weighted by molar-refractivity contribution is 5.82. The summed E-state index contributed by atoms with van der Waals surface area (Å²) in [5.41, 5.74) is 2.81. The van der Waals surface area contributed by atoms with Gasteiger partial charge in [0.25, 0.3) is 0 Å². The summed E-state index contributed by atoms with van der Waals surface area (Å²) in [7, 11) is 0. The zero-order valence-corrected chi connectivity index (χ0v) is 14.0. The lowest BCUT2D eigenvalue weighted by atomic mass is 10.00. The Bertz CT molecular complexity index is 1090. The first-order valence-electron chi connectivity index (χ1n) is 8.11. The average molecular weight is 347 g/mol. The van der Waals surface area contributed by atoms with E-state index in [1.807, 2.05) is 49.4 Å². The monoisotopic (exact) mass is 347 g/mol. The first-order valence-corrected chi connectivity index (χ1v) is 8.11. The molecule has 2 aromatic heterocycles. The molecular weight excluding hydrogens is 332 g/mol. The molecular formula is C19H15N4O3-. The third-order valence-electron chi connectivity index (χ3n) is 4.21. The predicted molar refractivity (Wildman–Crippen MR) is 93.9 cm³/mol. The van der Waals surface area contributed by atoms with E-state index in [0.717, 1.165) is 16.5 Å². The fourth-order valence-corrected chi connectivity index (χ4v) is 2.84. The lowest BCUT2D eigenvalue weighted by Crippen LogP contribution is -2.11. The Labute approximate surface area is 148 Å². The van der Waals surface area contributed by atoms with Crippen molar-refractivity contribution in [2.75, 3.05) is 0 Å². The molecule has 0 aliphatic rings. The lowest BCUT2D eigenvalue weighted by Gasteiger charge is -2.10. The van der Waals surface area contributed by atoms with Crippen LogP contribution in [0.2, 0.25) is 0 Å². The van der Waals surface area contributed by atoms with Gasteiger partial charge < -0.3 is 14.3 Å². The number of rotatable bonds is 5. The van der Waals surface area contributed by atoms with Crippen LogP contribution in [0.15, 0.2) is 57.7 Å². The van der Waals surface area contributed by atoms with E-state index in [0.29, 0.717) is 29.1 Å². The molecule has 0 saturated heterocycles. The number of ether oxygens (including phenoxy) is 1. The van der Waals surface area contributed by atoms with E-state index in [1.165, 1.54) is 0 Å². The standard InChI is InChI=1S/C19H15N4O3/c1-12-15-8-7-14(25-11-18-20-22-23-21-18)10-17(15)26-19(24)16(12)9-13-5-3-2-4-6-13/h2-8,10H,9,11H2,1H3/q-1. The molecule has 0 fully saturated rings. The minimum absolute atomic E-state index is 0.147. The van der Waals surface area contributed by atoms with E-state index in [1.54, 1.807) is 6.07 Å². The Hall–Kier alpha value is -3.48. The van der Waals surface area contributed by atoms with Crippen molar-refractivity contribution in [2.24, 2.45) is 0 Å². The molecule has 4 aromatic rings. The van der Waals surface area contributed by atoms with Crippen LogP contribution in [0.3, 0.4) is 0 Å². The number of aromatic nitrogens is 4. The van der Waals surface area contributed by atoms with Gasteiger partial charge in [-0.05, 0) is 30.2 Å². The van der Waals surface area contributed by atoms with Crippen molar-refractivity contribution >= 4 is 11.0 Å². The maximum absolute atomic E-state index is 12.5. The number of nitrogens with zero attached hydrogens (tertiary/aromatic N) is 4. The smallest absolute Gasteiger partial charge is 0.340 e. The van der Waals surface area contributed by atoms with Gasteiger partial charge in [0.05, 0.1) is 0 Å². The van der Waals surface area contributed by atoms with Crippen LogP contribution < -0.4 is 15.5 Å². The van der Waals surface area contributed by atoms with Crippen molar-refractivity contribution in [3.05, 3.63) is 81.5 Å². The molecule has 0 bridgehead atoms. The van der Waals surface area contributed by atoms with Gasteiger partial charge in [0, 0.05) is 29.3 Å². The van der Waals surface area contributed by atoms with Gasteiger partial charge in [-0.1, -0.05) is 30.3 Å². The fourth-order valence-electron chi connectivity index (χ4n) is 2.84. The van der Waals surface area contributed by atoms with Gasteiger partial charge in [-0.2, -0.15) is 5.21 Å². The fraction of sp³-hybridized carbons (Fsp3) is 0.158. The quantitative estimate of drug-likeness (QED) is 0.512. The lowest BCUT2D eigenvalue weighted by molar-refractivity contribution is 0.295. The summed E-state index contributed by atoms with van der Waals surface area (Å²) in [6.07, 6.45) is 0.539. The molecule has 2 aromatic carbocycles. The third kappa shape index (κ3) is 3.19. The number of aryl methyl sites for hydroxylation is 1. The van der Waals surface area contributed by atoms with Gasteiger partial charge in [0.1, 0.15) is 17.9 Å². The molecule has 130 valence electrons. The Balaban J connectivity index is 1.65. The van der Waals surface area contributed by atoms with Gasteiger partial charge in [0.2, 0.25) is 0 Å². The van der Waals surface area contributed by atoms with Gasteiger partial charge >= 0.3 is 5.63 Å². The van der Waals surface area contributed by atoms with Crippen molar-refractivity contribution in [2.45, 2.75) is 20.0 Å². The van der Waals surface area contributed by atoms with E-state index in [2.05, 4.69) is 20.6 Å². The van der Waals surface area contributed by atoms with Crippen molar-refractivity contribution in [3.63, 3.8) is 0 Å². The van der Waals surface area contributed by atoms with Gasteiger partial charge in [-0.25, -0.2) is 4.79 Å². The van der Waals surface area contributed by atoms with E-state index in [-0.39, 0.29) is 12.2 Å².